The van der Waals surface area contributed by atoms with Crippen molar-refractivity contribution < 1.29 is 0 Å². The molecular weight excluding hydrogens is 268 g/mol. The molecule has 3 aromatic rings. The summed E-state index contributed by atoms with van der Waals surface area (Å²) in [6.07, 6.45) is 2.04. The highest BCUT2D eigenvalue weighted by Crippen LogP contribution is 2.22. The van der Waals surface area contributed by atoms with Crippen molar-refractivity contribution in [1.29, 1.82) is 0 Å². The first-order valence-electron chi connectivity index (χ1n) is 7.21. The lowest BCUT2D eigenvalue weighted by Crippen LogP contribution is -1.80. The van der Waals surface area contributed by atoms with Crippen LogP contribution >= 0.6 is 0 Å². The van der Waals surface area contributed by atoms with Gasteiger partial charge in [-0.3, -0.25) is 0 Å². The molecule has 0 aliphatic rings. The van der Waals surface area contributed by atoms with Gasteiger partial charge in [-0.15, -0.1) is 5.11 Å². The Morgan fingerprint density at radius 2 is 1.18 bits per heavy atom. The standard InChI is InChI=1S/C20H16N2/c1-4-10-17(11-5-1)16-20(18-12-6-2-7-13-18)22-21-19-14-8-3-9-15-19/h1-16H/b20-16-,22-21?. The Bertz CT molecular complexity index is 761. The summed E-state index contributed by atoms with van der Waals surface area (Å²) in [4.78, 5) is 0. The Kier molecular flexibility index (Phi) is 4.53. The summed E-state index contributed by atoms with van der Waals surface area (Å²) in [7, 11) is 0. The van der Waals surface area contributed by atoms with Gasteiger partial charge in [0.15, 0.2) is 0 Å². The molecule has 0 saturated carbocycles. The van der Waals surface area contributed by atoms with Crippen LogP contribution in [0.1, 0.15) is 11.1 Å². The van der Waals surface area contributed by atoms with Crippen molar-refractivity contribution in [2.45, 2.75) is 0 Å². The zero-order valence-corrected chi connectivity index (χ0v) is 12.1. The Balaban J connectivity index is 1.97. The number of benzene rings is 3. The third kappa shape index (κ3) is 3.76. The maximum atomic E-state index is 4.45. The Morgan fingerprint density at radius 1 is 0.636 bits per heavy atom. The smallest absolute Gasteiger partial charge is 0.0935 e. The SMILES string of the molecule is C(=C(/N=Nc1ccccc1)c1ccccc1)/c1ccccc1. The molecule has 106 valence electrons. The molecular formula is C20H16N2. The highest BCUT2D eigenvalue weighted by Gasteiger charge is 2.00. The van der Waals surface area contributed by atoms with Crippen molar-refractivity contribution in [1.82, 2.24) is 0 Å². The van der Waals surface area contributed by atoms with Gasteiger partial charge in [0.1, 0.15) is 0 Å². The van der Waals surface area contributed by atoms with Crippen LogP contribution in [-0.2, 0) is 0 Å². The second kappa shape index (κ2) is 7.14. The molecule has 0 bridgehead atoms. The second-order valence-corrected chi connectivity index (χ2v) is 4.84. The van der Waals surface area contributed by atoms with E-state index in [2.05, 4.69) is 22.4 Å². The molecule has 0 spiro atoms. The van der Waals surface area contributed by atoms with E-state index in [1.165, 1.54) is 0 Å². The molecule has 0 atom stereocenters. The number of rotatable bonds is 4. The van der Waals surface area contributed by atoms with Gasteiger partial charge >= 0.3 is 0 Å². The fourth-order valence-corrected chi connectivity index (χ4v) is 2.09. The van der Waals surface area contributed by atoms with Gasteiger partial charge in [0.25, 0.3) is 0 Å². The van der Waals surface area contributed by atoms with Gasteiger partial charge in [0, 0.05) is 5.56 Å². The number of hydrogen-bond donors (Lipinski definition) is 0. The quantitative estimate of drug-likeness (QED) is 0.416. The molecule has 0 aliphatic heterocycles. The van der Waals surface area contributed by atoms with E-state index < -0.39 is 0 Å². The average Bonchev–Trinajstić information content (AvgIpc) is 2.61. The highest BCUT2D eigenvalue weighted by molar-refractivity contribution is 5.80. The van der Waals surface area contributed by atoms with Crippen LogP contribution in [0.15, 0.2) is 101 Å². The molecule has 0 radical (unpaired) electrons. The zero-order valence-electron chi connectivity index (χ0n) is 12.1. The lowest BCUT2D eigenvalue weighted by Gasteiger charge is -2.02. The van der Waals surface area contributed by atoms with Crippen molar-refractivity contribution in [2.24, 2.45) is 10.2 Å². The fraction of sp³-hybridized carbons (Fsp3) is 0. The predicted octanol–water partition coefficient (Wildman–Crippen LogP) is 5.97. The molecule has 0 amide bonds. The van der Waals surface area contributed by atoms with Gasteiger partial charge in [-0.2, -0.15) is 5.11 Å². The van der Waals surface area contributed by atoms with E-state index >= 15 is 0 Å². The summed E-state index contributed by atoms with van der Waals surface area (Å²) in [5, 5.41) is 8.78. The Morgan fingerprint density at radius 3 is 1.82 bits per heavy atom. The van der Waals surface area contributed by atoms with Gasteiger partial charge in [-0.1, -0.05) is 78.9 Å². The normalized spacial score (nSPS) is 11.7. The van der Waals surface area contributed by atoms with E-state index in [9.17, 15) is 0 Å². The van der Waals surface area contributed by atoms with Crippen LogP contribution in [0, 0.1) is 0 Å². The Labute approximate surface area is 130 Å². The lowest BCUT2D eigenvalue weighted by atomic mass is 10.1. The molecule has 0 aliphatic carbocycles. The van der Waals surface area contributed by atoms with E-state index in [1.807, 2.05) is 84.9 Å². The molecule has 0 unspecified atom stereocenters. The van der Waals surface area contributed by atoms with E-state index in [-0.39, 0.29) is 0 Å². The van der Waals surface area contributed by atoms with Crippen LogP contribution in [0.2, 0.25) is 0 Å². The average molecular weight is 284 g/mol. The van der Waals surface area contributed by atoms with Gasteiger partial charge in [0.05, 0.1) is 11.4 Å². The molecule has 3 aromatic carbocycles. The predicted molar refractivity (Wildman–Crippen MR) is 91.7 cm³/mol. The molecule has 22 heavy (non-hydrogen) atoms. The minimum atomic E-state index is 0.843. The van der Waals surface area contributed by atoms with Crippen LogP contribution in [0.25, 0.3) is 11.8 Å². The first-order chi connectivity index (χ1) is 10.9. The Hall–Kier alpha value is -3.00. The van der Waals surface area contributed by atoms with E-state index in [1.54, 1.807) is 0 Å². The first-order valence-corrected chi connectivity index (χ1v) is 7.21. The molecule has 0 N–H and O–H groups in total. The summed E-state index contributed by atoms with van der Waals surface area (Å²) in [5.74, 6) is 0. The zero-order chi connectivity index (χ0) is 15.0. The van der Waals surface area contributed by atoms with E-state index in [0.29, 0.717) is 0 Å². The monoisotopic (exact) mass is 284 g/mol. The third-order valence-corrected chi connectivity index (χ3v) is 3.20. The molecule has 0 aromatic heterocycles. The van der Waals surface area contributed by atoms with Gasteiger partial charge in [0.2, 0.25) is 0 Å². The third-order valence-electron chi connectivity index (χ3n) is 3.20. The van der Waals surface area contributed by atoms with Gasteiger partial charge < -0.3 is 0 Å². The molecule has 3 rings (SSSR count). The molecule has 0 saturated heterocycles. The van der Waals surface area contributed by atoms with Crippen LogP contribution < -0.4 is 0 Å². The van der Waals surface area contributed by atoms with E-state index in [0.717, 1.165) is 22.5 Å². The van der Waals surface area contributed by atoms with Crippen molar-refractivity contribution in [3.05, 3.63) is 102 Å². The molecule has 0 fully saturated rings. The number of nitrogens with zero attached hydrogens (tertiary/aromatic N) is 2. The highest BCUT2D eigenvalue weighted by atomic mass is 15.1. The maximum Gasteiger partial charge on any atom is 0.0935 e. The van der Waals surface area contributed by atoms with Crippen molar-refractivity contribution in [2.75, 3.05) is 0 Å². The summed E-state index contributed by atoms with van der Waals surface area (Å²) >= 11 is 0. The summed E-state index contributed by atoms with van der Waals surface area (Å²) in [6, 6.07) is 30.0. The second-order valence-electron chi connectivity index (χ2n) is 4.84. The largest absolute Gasteiger partial charge is 0.151 e. The number of azo groups is 1. The van der Waals surface area contributed by atoms with Crippen LogP contribution in [-0.4, -0.2) is 0 Å². The maximum absolute atomic E-state index is 4.45. The van der Waals surface area contributed by atoms with Gasteiger partial charge in [-0.05, 0) is 23.8 Å². The van der Waals surface area contributed by atoms with Crippen LogP contribution in [0.5, 0.6) is 0 Å². The number of hydrogen-bond acceptors (Lipinski definition) is 2. The summed E-state index contributed by atoms with van der Waals surface area (Å²) in [5.41, 5.74) is 3.84. The summed E-state index contributed by atoms with van der Waals surface area (Å²) < 4.78 is 0. The molecule has 2 heteroatoms. The van der Waals surface area contributed by atoms with Crippen LogP contribution in [0.3, 0.4) is 0 Å². The fourth-order valence-electron chi connectivity index (χ4n) is 2.09. The van der Waals surface area contributed by atoms with Crippen molar-refractivity contribution in [3.63, 3.8) is 0 Å². The topological polar surface area (TPSA) is 24.7 Å². The minimum Gasteiger partial charge on any atom is -0.151 e. The van der Waals surface area contributed by atoms with Crippen molar-refractivity contribution in [3.8, 4) is 0 Å². The molecule has 2 nitrogen and oxygen atoms in total. The van der Waals surface area contributed by atoms with Gasteiger partial charge in [-0.25, -0.2) is 0 Å². The first kappa shape index (κ1) is 14.0. The van der Waals surface area contributed by atoms with E-state index in [4.69, 9.17) is 0 Å². The summed E-state index contributed by atoms with van der Waals surface area (Å²) in [6.45, 7) is 0. The lowest BCUT2D eigenvalue weighted by molar-refractivity contribution is 1.24. The van der Waals surface area contributed by atoms with Crippen LogP contribution in [0.4, 0.5) is 5.69 Å². The minimum absolute atomic E-state index is 0.843. The molecule has 0 heterocycles. The van der Waals surface area contributed by atoms with Crippen molar-refractivity contribution >= 4 is 17.5 Å².